The molecule has 0 radical (unpaired) electrons. The van der Waals surface area contributed by atoms with Crippen LogP contribution in [0.25, 0.3) is 0 Å². The summed E-state index contributed by atoms with van der Waals surface area (Å²) in [5.74, 6) is -0.893. The van der Waals surface area contributed by atoms with Crippen molar-refractivity contribution < 1.29 is 28.6 Å². The minimum atomic E-state index is -0.769. The first kappa shape index (κ1) is 51.6. The molecule has 0 rings (SSSR count). The molecule has 0 aliphatic carbocycles. The highest BCUT2D eigenvalue weighted by molar-refractivity contribution is 5.71. The average Bonchev–Trinajstić information content (AvgIpc) is 3.17. The Morgan fingerprint density at radius 2 is 0.667 bits per heavy atom. The highest BCUT2D eigenvalue weighted by Gasteiger charge is 2.19. The van der Waals surface area contributed by atoms with E-state index in [1.807, 2.05) is 0 Å². The van der Waals surface area contributed by atoms with Gasteiger partial charge >= 0.3 is 17.9 Å². The van der Waals surface area contributed by atoms with E-state index in [1.165, 1.54) is 116 Å². The molecule has 0 aromatic rings. The lowest BCUT2D eigenvalue weighted by Gasteiger charge is -2.18. The van der Waals surface area contributed by atoms with Gasteiger partial charge < -0.3 is 14.2 Å². The summed E-state index contributed by atoms with van der Waals surface area (Å²) in [6.07, 6.45) is 48.5. The summed E-state index contributed by atoms with van der Waals surface area (Å²) in [4.78, 5) is 37.6. The van der Waals surface area contributed by atoms with E-state index in [2.05, 4.69) is 57.2 Å². The number of rotatable bonds is 41. The number of unbranched alkanes of at least 4 members (excludes halogenated alkanes) is 24. The lowest BCUT2D eigenvalue weighted by atomic mass is 10.1. The first-order chi connectivity index (χ1) is 26.5. The third-order valence-corrected chi connectivity index (χ3v) is 9.90. The van der Waals surface area contributed by atoms with Crippen molar-refractivity contribution in [2.75, 3.05) is 13.2 Å². The van der Waals surface area contributed by atoms with Crippen molar-refractivity contribution in [3.63, 3.8) is 0 Å². The van der Waals surface area contributed by atoms with Gasteiger partial charge in [-0.05, 0) is 57.8 Å². The monoisotopic (exact) mass is 759 g/mol. The van der Waals surface area contributed by atoms with Crippen LogP contribution < -0.4 is 0 Å². The predicted octanol–water partition coefficient (Wildman–Crippen LogP) is 14.6. The minimum Gasteiger partial charge on any atom is -0.462 e. The van der Waals surface area contributed by atoms with Crippen molar-refractivity contribution in [3.8, 4) is 0 Å². The Labute approximate surface area is 334 Å². The third kappa shape index (κ3) is 40.8. The summed E-state index contributed by atoms with van der Waals surface area (Å²) < 4.78 is 16.6. The van der Waals surface area contributed by atoms with Gasteiger partial charge in [-0.2, -0.15) is 0 Å². The molecule has 1 unspecified atom stereocenters. The third-order valence-electron chi connectivity index (χ3n) is 9.90. The molecule has 0 saturated heterocycles. The summed E-state index contributed by atoms with van der Waals surface area (Å²) in [5, 5.41) is 0. The Bertz CT molecular complexity index is 922. The fraction of sp³-hybridized carbons (Fsp3) is 0.812. The zero-order valence-electron chi connectivity index (χ0n) is 35.7. The van der Waals surface area contributed by atoms with Gasteiger partial charge in [-0.3, -0.25) is 14.4 Å². The standard InChI is InChI=1S/C48H86O6/c1-4-7-10-13-16-18-20-21-22-23-24-25-26-27-28-30-32-35-38-41-47(50)53-44-45(43-52-46(49)40-37-34-31-15-12-9-6-3)54-48(51)42-39-36-33-29-19-17-14-11-8-5-2/h16,18,21-22,24-25,45H,4-15,17,19-20,23,26-44H2,1-3H3/b18-16-,22-21-,25-24-. The molecule has 0 aromatic carbocycles. The second-order valence-corrected chi connectivity index (χ2v) is 15.3. The number of carbonyl (C=O) groups is 3. The molecule has 0 bridgehead atoms. The van der Waals surface area contributed by atoms with Gasteiger partial charge in [0.15, 0.2) is 6.10 Å². The lowest BCUT2D eigenvalue weighted by molar-refractivity contribution is -0.167. The van der Waals surface area contributed by atoms with Crippen LogP contribution in [0.2, 0.25) is 0 Å². The Balaban J connectivity index is 4.25. The predicted molar refractivity (Wildman–Crippen MR) is 229 cm³/mol. The molecule has 0 aromatic heterocycles. The largest absolute Gasteiger partial charge is 0.462 e. The van der Waals surface area contributed by atoms with E-state index in [9.17, 15) is 14.4 Å². The van der Waals surface area contributed by atoms with Gasteiger partial charge in [0.1, 0.15) is 13.2 Å². The lowest BCUT2D eigenvalue weighted by Crippen LogP contribution is -2.30. The number of allylic oxidation sites excluding steroid dienone is 6. The first-order valence-electron chi connectivity index (χ1n) is 23.0. The summed E-state index contributed by atoms with van der Waals surface area (Å²) in [6.45, 7) is 6.54. The highest BCUT2D eigenvalue weighted by Crippen LogP contribution is 2.14. The summed E-state index contributed by atoms with van der Waals surface area (Å²) in [6, 6.07) is 0. The van der Waals surface area contributed by atoms with Crippen LogP contribution in [0.5, 0.6) is 0 Å². The van der Waals surface area contributed by atoms with E-state index in [0.717, 1.165) is 77.0 Å². The maximum atomic E-state index is 12.6. The van der Waals surface area contributed by atoms with Gasteiger partial charge in [-0.25, -0.2) is 0 Å². The van der Waals surface area contributed by atoms with Gasteiger partial charge in [0, 0.05) is 19.3 Å². The second-order valence-electron chi connectivity index (χ2n) is 15.3. The van der Waals surface area contributed by atoms with E-state index in [4.69, 9.17) is 14.2 Å². The SMILES string of the molecule is CCCCC/C=C\C/C=C\C/C=C\CCCCCCCCC(=O)OCC(COC(=O)CCCCCCCCC)OC(=O)CCCCCCCCCCCC. The molecule has 314 valence electrons. The molecular formula is C48H86O6. The van der Waals surface area contributed by atoms with Crippen LogP contribution in [0, 0.1) is 0 Å². The van der Waals surface area contributed by atoms with E-state index in [0.29, 0.717) is 19.3 Å². The van der Waals surface area contributed by atoms with Crippen molar-refractivity contribution in [2.24, 2.45) is 0 Å². The second kappa shape index (κ2) is 43.4. The summed E-state index contributed by atoms with van der Waals surface area (Å²) in [7, 11) is 0. The normalized spacial score (nSPS) is 12.3. The molecule has 0 aliphatic heterocycles. The molecule has 0 fully saturated rings. The van der Waals surface area contributed by atoms with Gasteiger partial charge in [-0.15, -0.1) is 0 Å². The maximum absolute atomic E-state index is 12.6. The number of esters is 3. The van der Waals surface area contributed by atoms with Crippen LogP contribution in [-0.2, 0) is 28.6 Å². The van der Waals surface area contributed by atoms with Gasteiger partial charge in [-0.1, -0.05) is 192 Å². The molecule has 0 saturated carbocycles. The van der Waals surface area contributed by atoms with Gasteiger partial charge in [0.2, 0.25) is 0 Å². The van der Waals surface area contributed by atoms with Crippen LogP contribution >= 0.6 is 0 Å². The molecule has 0 spiro atoms. The van der Waals surface area contributed by atoms with Gasteiger partial charge in [0.05, 0.1) is 0 Å². The summed E-state index contributed by atoms with van der Waals surface area (Å²) >= 11 is 0. The number of carbonyl (C=O) groups excluding carboxylic acids is 3. The molecule has 6 nitrogen and oxygen atoms in total. The first-order valence-corrected chi connectivity index (χ1v) is 23.0. The zero-order chi connectivity index (χ0) is 39.4. The van der Waals surface area contributed by atoms with Crippen molar-refractivity contribution >= 4 is 17.9 Å². The molecule has 54 heavy (non-hydrogen) atoms. The highest BCUT2D eigenvalue weighted by atomic mass is 16.6. The average molecular weight is 759 g/mol. The Kier molecular flexibility index (Phi) is 41.5. The van der Waals surface area contributed by atoms with E-state index >= 15 is 0 Å². The van der Waals surface area contributed by atoms with Gasteiger partial charge in [0.25, 0.3) is 0 Å². The zero-order valence-corrected chi connectivity index (χ0v) is 35.7. The van der Waals surface area contributed by atoms with Crippen LogP contribution in [0.4, 0.5) is 0 Å². The number of ether oxygens (including phenoxy) is 3. The molecular weight excluding hydrogens is 673 g/mol. The van der Waals surface area contributed by atoms with E-state index in [-0.39, 0.29) is 31.1 Å². The van der Waals surface area contributed by atoms with Crippen molar-refractivity contribution in [1.29, 1.82) is 0 Å². The van der Waals surface area contributed by atoms with Crippen molar-refractivity contribution in [2.45, 2.75) is 239 Å². The van der Waals surface area contributed by atoms with Crippen LogP contribution in [0.3, 0.4) is 0 Å². The van der Waals surface area contributed by atoms with E-state index in [1.54, 1.807) is 0 Å². The fourth-order valence-electron chi connectivity index (χ4n) is 6.39. The van der Waals surface area contributed by atoms with Crippen LogP contribution in [0.1, 0.15) is 233 Å². The van der Waals surface area contributed by atoms with Crippen LogP contribution in [0.15, 0.2) is 36.5 Å². The fourth-order valence-corrected chi connectivity index (χ4v) is 6.39. The smallest absolute Gasteiger partial charge is 0.306 e. The van der Waals surface area contributed by atoms with Crippen molar-refractivity contribution in [3.05, 3.63) is 36.5 Å². The number of hydrogen-bond donors (Lipinski definition) is 0. The summed E-state index contributed by atoms with van der Waals surface area (Å²) in [5.41, 5.74) is 0. The topological polar surface area (TPSA) is 78.9 Å². The minimum absolute atomic E-state index is 0.0743. The molecule has 0 amide bonds. The Hall–Kier alpha value is -2.37. The molecule has 0 N–H and O–H groups in total. The van der Waals surface area contributed by atoms with Crippen LogP contribution in [-0.4, -0.2) is 37.2 Å². The van der Waals surface area contributed by atoms with E-state index < -0.39 is 6.10 Å². The quantitative estimate of drug-likeness (QED) is 0.0267. The Morgan fingerprint density at radius 1 is 0.370 bits per heavy atom. The molecule has 6 heteroatoms. The van der Waals surface area contributed by atoms with Crippen molar-refractivity contribution in [1.82, 2.24) is 0 Å². The number of hydrogen-bond acceptors (Lipinski definition) is 6. The molecule has 1 atom stereocenters. The molecule has 0 aliphatic rings. The Morgan fingerprint density at radius 3 is 1.07 bits per heavy atom. The molecule has 0 heterocycles. The maximum Gasteiger partial charge on any atom is 0.306 e.